The maximum Gasteiger partial charge on any atom is 0.336 e. The van der Waals surface area contributed by atoms with Crippen molar-refractivity contribution >= 4 is 31.2 Å². The zero-order valence-electron chi connectivity index (χ0n) is 8.58. The van der Waals surface area contributed by atoms with Gasteiger partial charge in [-0.15, -0.1) is 0 Å². The Balaban J connectivity index is 3.71. The molecule has 1 atom stereocenters. The number of aromatic carboxylic acids is 3. The van der Waals surface area contributed by atoms with Crippen molar-refractivity contribution in [2.24, 2.45) is 0 Å². The maximum atomic E-state index is 11.0. The minimum atomic E-state index is -3.47. The molecule has 8 nitrogen and oxygen atoms in total. The Morgan fingerprint density at radius 2 is 1.22 bits per heavy atom. The first-order valence-electron chi connectivity index (χ1n) is 4.37. The zero-order valence-corrected chi connectivity index (χ0v) is 9.58. The van der Waals surface area contributed by atoms with Gasteiger partial charge in [0, 0.05) is 5.30 Å². The van der Waals surface area contributed by atoms with E-state index in [-0.39, 0.29) is 0 Å². The lowest BCUT2D eigenvalue weighted by atomic mass is 10.0. The minimum absolute atomic E-state index is 0.558. The van der Waals surface area contributed by atoms with Crippen LogP contribution in [0.25, 0.3) is 0 Å². The lowest BCUT2D eigenvalue weighted by Gasteiger charge is -2.07. The molecule has 0 fully saturated rings. The van der Waals surface area contributed by atoms with Gasteiger partial charge in [-0.1, -0.05) is 0 Å². The van der Waals surface area contributed by atoms with Gasteiger partial charge >= 0.3 is 17.9 Å². The van der Waals surface area contributed by atoms with Gasteiger partial charge in [0.15, 0.2) is 0 Å². The fourth-order valence-corrected chi connectivity index (χ4v) is 1.98. The molecule has 0 aromatic heterocycles. The first-order chi connectivity index (χ1) is 8.25. The van der Waals surface area contributed by atoms with Crippen LogP contribution in [-0.2, 0) is 4.57 Å². The van der Waals surface area contributed by atoms with Crippen molar-refractivity contribution in [2.75, 3.05) is 0 Å². The van der Waals surface area contributed by atoms with Crippen LogP contribution in [0.1, 0.15) is 31.1 Å². The Hall–Kier alpha value is -2.18. The molecule has 0 aliphatic heterocycles. The van der Waals surface area contributed by atoms with Crippen LogP contribution in [0.3, 0.4) is 0 Å². The van der Waals surface area contributed by atoms with E-state index in [1.807, 2.05) is 0 Å². The van der Waals surface area contributed by atoms with Crippen molar-refractivity contribution in [1.82, 2.24) is 0 Å². The van der Waals surface area contributed by atoms with E-state index in [1.54, 1.807) is 0 Å². The molecule has 96 valence electrons. The molecule has 0 amide bonds. The summed E-state index contributed by atoms with van der Waals surface area (Å²) in [6.07, 6.45) is 0. The first kappa shape index (κ1) is 13.9. The maximum absolute atomic E-state index is 11.0. The molecule has 9 heteroatoms. The van der Waals surface area contributed by atoms with E-state index in [4.69, 9.17) is 20.2 Å². The lowest BCUT2D eigenvalue weighted by molar-refractivity contribution is 0.0649. The van der Waals surface area contributed by atoms with Crippen LogP contribution in [0.4, 0.5) is 0 Å². The van der Waals surface area contributed by atoms with Crippen LogP contribution >= 0.6 is 8.03 Å². The molecule has 4 N–H and O–H groups in total. The summed E-state index contributed by atoms with van der Waals surface area (Å²) in [4.78, 5) is 41.3. The van der Waals surface area contributed by atoms with Crippen molar-refractivity contribution in [2.45, 2.75) is 0 Å². The third-order valence-corrected chi connectivity index (χ3v) is 2.95. The van der Waals surface area contributed by atoms with Crippen LogP contribution in [0.2, 0.25) is 0 Å². The van der Waals surface area contributed by atoms with E-state index in [0.717, 1.165) is 0 Å². The molecule has 0 bridgehead atoms. The molecular formula is C9H7O8P. The summed E-state index contributed by atoms with van der Waals surface area (Å²) in [5, 5.41) is 25.7. The summed E-state index contributed by atoms with van der Waals surface area (Å²) in [7, 11) is -3.47. The Bertz CT molecular complexity index is 478. The topological polar surface area (TPSA) is 149 Å². The summed E-state index contributed by atoms with van der Waals surface area (Å²) < 4.78 is 11.0. The molecule has 0 radical (unpaired) electrons. The highest BCUT2D eigenvalue weighted by Crippen LogP contribution is 2.21. The highest BCUT2D eigenvalue weighted by molar-refractivity contribution is 7.47. The van der Waals surface area contributed by atoms with Crippen LogP contribution in [-0.4, -0.2) is 38.1 Å². The quantitative estimate of drug-likeness (QED) is 0.554. The molecule has 0 aliphatic rings. The second-order valence-corrected chi connectivity index (χ2v) is 4.31. The van der Waals surface area contributed by atoms with Crippen molar-refractivity contribution in [3.05, 3.63) is 28.8 Å². The van der Waals surface area contributed by atoms with Gasteiger partial charge in [-0.3, -0.25) is 4.57 Å². The summed E-state index contributed by atoms with van der Waals surface area (Å²) in [6, 6.07) is 1.15. The van der Waals surface area contributed by atoms with E-state index in [0.29, 0.717) is 12.1 Å². The van der Waals surface area contributed by atoms with Crippen molar-refractivity contribution in [3.8, 4) is 0 Å². The molecule has 0 aliphatic carbocycles. The van der Waals surface area contributed by atoms with Crippen LogP contribution in [0.5, 0.6) is 0 Å². The second-order valence-electron chi connectivity index (χ2n) is 3.16. The van der Waals surface area contributed by atoms with Crippen LogP contribution in [0, 0.1) is 0 Å². The average Bonchev–Trinajstić information content (AvgIpc) is 2.26. The van der Waals surface area contributed by atoms with Gasteiger partial charge in [-0.2, -0.15) is 0 Å². The Kier molecular flexibility index (Phi) is 3.85. The lowest BCUT2D eigenvalue weighted by Crippen LogP contribution is -2.19. The van der Waals surface area contributed by atoms with E-state index in [2.05, 4.69) is 0 Å². The van der Waals surface area contributed by atoms with E-state index in [1.165, 1.54) is 0 Å². The minimum Gasteiger partial charge on any atom is -0.478 e. The van der Waals surface area contributed by atoms with Gasteiger partial charge in [0.25, 0.3) is 0 Å². The monoisotopic (exact) mass is 274 g/mol. The SMILES string of the molecule is O=C(O)c1cc(C(=O)O)c([PH](=O)O)cc1C(=O)O. The number of hydrogen-bond acceptors (Lipinski definition) is 4. The standard InChI is InChI=1S/C9H7O8P/c10-7(11)3-1-5(9(14)15)6(18(16)17)2-4(3)8(12)13/h1-2,18H,(H,10,11)(H,12,13)(H,14,15)(H,16,17). The van der Waals surface area contributed by atoms with Crippen molar-refractivity contribution in [3.63, 3.8) is 0 Å². The second kappa shape index (κ2) is 4.99. The Morgan fingerprint density at radius 3 is 1.56 bits per heavy atom. The van der Waals surface area contributed by atoms with Crippen LogP contribution in [0.15, 0.2) is 12.1 Å². The molecule has 1 unspecified atom stereocenters. The number of carboxylic acids is 3. The molecule has 0 saturated heterocycles. The Labute approximate surface area is 100.0 Å². The van der Waals surface area contributed by atoms with Gasteiger partial charge in [0.1, 0.15) is 0 Å². The number of hydrogen-bond donors (Lipinski definition) is 4. The normalized spacial score (nSPS) is 11.8. The Morgan fingerprint density at radius 1 is 0.833 bits per heavy atom. The molecule has 1 aromatic rings. The summed E-state index contributed by atoms with van der Waals surface area (Å²) in [5.41, 5.74) is -2.20. The van der Waals surface area contributed by atoms with Crippen molar-refractivity contribution in [1.29, 1.82) is 0 Å². The fraction of sp³-hybridized carbons (Fsp3) is 0. The number of carbonyl (C=O) groups is 3. The summed E-state index contributed by atoms with van der Waals surface area (Å²) in [6.45, 7) is 0. The predicted molar refractivity (Wildman–Crippen MR) is 58.2 cm³/mol. The largest absolute Gasteiger partial charge is 0.478 e. The highest BCUT2D eigenvalue weighted by Gasteiger charge is 2.23. The molecule has 0 heterocycles. The molecule has 0 spiro atoms. The molecule has 18 heavy (non-hydrogen) atoms. The van der Waals surface area contributed by atoms with Crippen molar-refractivity contribution < 1.29 is 39.2 Å². The summed E-state index contributed by atoms with van der Waals surface area (Å²) >= 11 is 0. The predicted octanol–water partition coefficient (Wildman–Crippen LogP) is -0.127. The number of benzene rings is 1. The smallest absolute Gasteiger partial charge is 0.336 e. The highest BCUT2D eigenvalue weighted by atomic mass is 31.1. The van der Waals surface area contributed by atoms with Gasteiger partial charge < -0.3 is 20.2 Å². The van der Waals surface area contributed by atoms with Gasteiger partial charge in [-0.25, -0.2) is 14.4 Å². The molecular weight excluding hydrogens is 267 g/mol. The molecule has 0 saturated carbocycles. The average molecular weight is 274 g/mol. The van der Waals surface area contributed by atoms with Gasteiger partial charge in [0.05, 0.1) is 16.7 Å². The third-order valence-electron chi connectivity index (χ3n) is 2.08. The first-order valence-corrected chi connectivity index (χ1v) is 5.72. The zero-order chi connectivity index (χ0) is 14.0. The fourth-order valence-electron chi connectivity index (χ4n) is 1.31. The third kappa shape index (κ3) is 2.55. The van der Waals surface area contributed by atoms with Gasteiger partial charge in [0.2, 0.25) is 8.03 Å². The molecule has 1 aromatic carbocycles. The van der Waals surface area contributed by atoms with E-state index >= 15 is 0 Å². The van der Waals surface area contributed by atoms with E-state index in [9.17, 15) is 18.9 Å². The van der Waals surface area contributed by atoms with E-state index < -0.39 is 47.9 Å². The molecule has 1 rings (SSSR count). The number of carboxylic acid groups (broad SMARTS) is 3. The van der Waals surface area contributed by atoms with Gasteiger partial charge in [-0.05, 0) is 12.1 Å². The number of rotatable bonds is 4. The summed E-state index contributed by atoms with van der Waals surface area (Å²) in [5.74, 6) is -4.88. The van der Waals surface area contributed by atoms with Crippen LogP contribution < -0.4 is 5.30 Å².